The molecule has 20 heavy (non-hydrogen) atoms. The molecular formula is C13H16F2N2O3. The number of nitro benzene ring substituents is 1. The minimum atomic E-state index is -1.24. The Morgan fingerprint density at radius 2 is 1.95 bits per heavy atom. The first-order valence-electron chi connectivity index (χ1n) is 6.14. The summed E-state index contributed by atoms with van der Waals surface area (Å²) in [5, 5.41) is 13.0. The molecule has 0 unspecified atom stereocenters. The Labute approximate surface area is 115 Å². The number of carbonyl (C=O) groups is 1. The van der Waals surface area contributed by atoms with E-state index in [0.717, 1.165) is 6.42 Å². The lowest BCUT2D eigenvalue weighted by Gasteiger charge is -2.25. The van der Waals surface area contributed by atoms with Crippen LogP contribution in [0.3, 0.4) is 0 Å². The van der Waals surface area contributed by atoms with Gasteiger partial charge in [-0.3, -0.25) is 14.9 Å². The van der Waals surface area contributed by atoms with E-state index in [1.807, 2.05) is 6.92 Å². The summed E-state index contributed by atoms with van der Waals surface area (Å²) in [4.78, 5) is 21.3. The number of rotatable bonds is 5. The van der Waals surface area contributed by atoms with Crippen LogP contribution in [-0.4, -0.2) is 16.4 Å². The van der Waals surface area contributed by atoms with E-state index >= 15 is 0 Å². The van der Waals surface area contributed by atoms with Crippen molar-refractivity contribution in [3.8, 4) is 0 Å². The Morgan fingerprint density at radius 3 is 2.45 bits per heavy atom. The third-order valence-corrected chi connectivity index (χ3v) is 2.80. The standard InChI is InChI=1S/C13H16F2N2O3/c1-4-5-13(2,3)16-12(18)8-6-10(15)11(17(19)20)7-9(8)14/h6-7H,4-5H2,1-3H3,(H,16,18). The van der Waals surface area contributed by atoms with Crippen LogP contribution < -0.4 is 5.32 Å². The average Bonchev–Trinajstić information content (AvgIpc) is 2.30. The summed E-state index contributed by atoms with van der Waals surface area (Å²) in [6.07, 6.45) is 1.47. The minimum Gasteiger partial charge on any atom is -0.347 e. The van der Waals surface area contributed by atoms with Crippen molar-refractivity contribution in [3.05, 3.63) is 39.4 Å². The maximum Gasteiger partial charge on any atom is 0.307 e. The second kappa shape index (κ2) is 5.94. The van der Waals surface area contributed by atoms with Gasteiger partial charge in [-0.05, 0) is 26.3 Å². The fraction of sp³-hybridized carbons (Fsp3) is 0.462. The summed E-state index contributed by atoms with van der Waals surface area (Å²) >= 11 is 0. The monoisotopic (exact) mass is 286 g/mol. The summed E-state index contributed by atoms with van der Waals surface area (Å²) in [6.45, 7) is 5.45. The lowest BCUT2D eigenvalue weighted by molar-refractivity contribution is -0.387. The van der Waals surface area contributed by atoms with Gasteiger partial charge in [0.1, 0.15) is 5.82 Å². The first kappa shape index (κ1) is 16.0. The molecule has 0 aliphatic carbocycles. The number of benzene rings is 1. The van der Waals surface area contributed by atoms with Crippen LogP contribution in [0, 0.1) is 21.7 Å². The lowest BCUT2D eigenvalue weighted by atomic mass is 9.98. The second-order valence-corrected chi connectivity index (χ2v) is 5.13. The molecule has 1 aromatic rings. The van der Waals surface area contributed by atoms with Gasteiger partial charge in [0.15, 0.2) is 0 Å². The zero-order chi connectivity index (χ0) is 15.5. The first-order valence-corrected chi connectivity index (χ1v) is 6.14. The van der Waals surface area contributed by atoms with E-state index in [1.165, 1.54) is 0 Å². The van der Waals surface area contributed by atoms with E-state index in [4.69, 9.17) is 0 Å². The maximum atomic E-state index is 13.7. The van der Waals surface area contributed by atoms with Gasteiger partial charge in [0.25, 0.3) is 5.91 Å². The van der Waals surface area contributed by atoms with Crippen molar-refractivity contribution in [1.82, 2.24) is 5.32 Å². The molecule has 0 saturated heterocycles. The van der Waals surface area contributed by atoms with Crippen LogP contribution >= 0.6 is 0 Å². The number of carbonyl (C=O) groups excluding carboxylic acids is 1. The minimum absolute atomic E-state index is 0.414. The maximum absolute atomic E-state index is 13.7. The van der Waals surface area contributed by atoms with E-state index < -0.39 is 39.3 Å². The third kappa shape index (κ3) is 3.72. The van der Waals surface area contributed by atoms with Crippen molar-refractivity contribution in [2.45, 2.75) is 39.2 Å². The highest BCUT2D eigenvalue weighted by atomic mass is 19.1. The first-order chi connectivity index (χ1) is 9.18. The Balaban J connectivity index is 3.06. The van der Waals surface area contributed by atoms with E-state index in [2.05, 4.69) is 5.32 Å². The summed E-state index contributed by atoms with van der Waals surface area (Å²) in [5.74, 6) is -3.16. The van der Waals surface area contributed by atoms with Gasteiger partial charge in [-0.25, -0.2) is 4.39 Å². The van der Waals surface area contributed by atoms with Crippen molar-refractivity contribution in [2.75, 3.05) is 0 Å². The van der Waals surface area contributed by atoms with E-state index in [-0.39, 0.29) is 0 Å². The number of hydrogen-bond donors (Lipinski definition) is 1. The highest BCUT2D eigenvalue weighted by Crippen LogP contribution is 2.22. The van der Waals surface area contributed by atoms with Crippen molar-refractivity contribution in [1.29, 1.82) is 0 Å². The quantitative estimate of drug-likeness (QED) is 0.667. The molecular weight excluding hydrogens is 270 g/mol. The van der Waals surface area contributed by atoms with Gasteiger partial charge in [-0.15, -0.1) is 0 Å². The predicted molar refractivity (Wildman–Crippen MR) is 69.5 cm³/mol. The molecule has 0 aliphatic heterocycles. The van der Waals surface area contributed by atoms with E-state index in [9.17, 15) is 23.7 Å². The molecule has 0 radical (unpaired) electrons. The van der Waals surface area contributed by atoms with Crippen molar-refractivity contribution in [2.24, 2.45) is 0 Å². The van der Waals surface area contributed by atoms with Crippen LogP contribution in [0.4, 0.5) is 14.5 Å². The molecule has 0 heterocycles. The fourth-order valence-corrected chi connectivity index (χ4v) is 1.91. The highest BCUT2D eigenvalue weighted by molar-refractivity contribution is 5.95. The molecule has 1 aromatic carbocycles. The molecule has 7 heteroatoms. The Bertz CT molecular complexity index is 545. The van der Waals surface area contributed by atoms with Crippen LogP contribution in [0.15, 0.2) is 12.1 Å². The molecule has 0 saturated carbocycles. The summed E-state index contributed by atoms with van der Waals surface area (Å²) in [5.41, 5.74) is -2.11. The fourth-order valence-electron chi connectivity index (χ4n) is 1.91. The predicted octanol–water partition coefficient (Wildman–Crippen LogP) is 3.18. The Kier molecular flexibility index (Phi) is 4.75. The molecule has 5 nitrogen and oxygen atoms in total. The molecule has 1 N–H and O–H groups in total. The van der Waals surface area contributed by atoms with Gasteiger partial charge >= 0.3 is 5.69 Å². The van der Waals surface area contributed by atoms with E-state index in [1.54, 1.807) is 13.8 Å². The van der Waals surface area contributed by atoms with Gasteiger partial charge in [0.2, 0.25) is 5.82 Å². The second-order valence-electron chi connectivity index (χ2n) is 5.13. The van der Waals surface area contributed by atoms with Gasteiger partial charge < -0.3 is 5.32 Å². The number of nitrogens with zero attached hydrogens (tertiary/aromatic N) is 1. The van der Waals surface area contributed by atoms with Gasteiger partial charge in [-0.2, -0.15) is 4.39 Å². The molecule has 110 valence electrons. The van der Waals surface area contributed by atoms with Crippen LogP contribution in [0.25, 0.3) is 0 Å². The summed E-state index contributed by atoms with van der Waals surface area (Å²) in [7, 11) is 0. The number of hydrogen-bond acceptors (Lipinski definition) is 3. The van der Waals surface area contributed by atoms with Crippen LogP contribution in [0.1, 0.15) is 44.0 Å². The van der Waals surface area contributed by atoms with Crippen LogP contribution in [-0.2, 0) is 0 Å². The lowest BCUT2D eigenvalue weighted by Crippen LogP contribution is -2.43. The molecule has 0 aromatic heterocycles. The van der Waals surface area contributed by atoms with Crippen LogP contribution in [0.5, 0.6) is 0 Å². The normalized spacial score (nSPS) is 11.2. The Morgan fingerprint density at radius 1 is 1.35 bits per heavy atom. The van der Waals surface area contributed by atoms with Crippen molar-refractivity contribution in [3.63, 3.8) is 0 Å². The number of halogens is 2. The zero-order valence-electron chi connectivity index (χ0n) is 11.5. The number of nitro groups is 1. The van der Waals surface area contributed by atoms with Crippen LogP contribution in [0.2, 0.25) is 0 Å². The number of nitrogens with one attached hydrogen (secondary N) is 1. The number of amides is 1. The molecule has 1 rings (SSSR count). The van der Waals surface area contributed by atoms with E-state index in [0.29, 0.717) is 18.6 Å². The SMILES string of the molecule is CCCC(C)(C)NC(=O)c1cc(F)c([N+](=O)[O-])cc1F. The summed E-state index contributed by atoms with van der Waals surface area (Å²) in [6, 6.07) is 0.960. The molecule has 0 aliphatic rings. The van der Waals surface area contributed by atoms with Gasteiger partial charge in [0.05, 0.1) is 16.6 Å². The summed E-state index contributed by atoms with van der Waals surface area (Å²) < 4.78 is 27.1. The molecule has 0 atom stereocenters. The van der Waals surface area contributed by atoms with Crippen molar-refractivity contribution >= 4 is 11.6 Å². The average molecular weight is 286 g/mol. The van der Waals surface area contributed by atoms with Crippen molar-refractivity contribution < 1.29 is 18.5 Å². The third-order valence-electron chi connectivity index (χ3n) is 2.80. The largest absolute Gasteiger partial charge is 0.347 e. The van der Waals surface area contributed by atoms with Gasteiger partial charge in [0, 0.05) is 5.54 Å². The molecule has 0 fully saturated rings. The highest BCUT2D eigenvalue weighted by Gasteiger charge is 2.25. The Hall–Kier alpha value is -2.05. The molecule has 0 spiro atoms. The molecule has 1 amide bonds. The zero-order valence-corrected chi connectivity index (χ0v) is 11.5. The topological polar surface area (TPSA) is 72.2 Å². The smallest absolute Gasteiger partial charge is 0.307 e. The molecule has 0 bridgehead atoms. The van der Waals surface area contributed by atoms with Gasteiger partial charge in [-0.1, -0.05) is 13.3 Å².